The van der Waals surface area contributed by atoms with E-state index in [1.165, 1.54) is 11.1 Å². The summed E-state index contributed by atoms with van der Waals surface area (Å²) in [6.45, 7) is 6.92. The molecule has 1 N–H and O–H groups in total. The third-order valence-corrected chi connectivity index (χ3v) is 3.51. The summed E-state index contributed by atoms with van der Waals surface area (Å²) in [5, 5.41) is 3.37. The van der Waals surface area contributed by atoms with Crippen LogP contribution >= 0.6 is 0 Å². The van der Waals surface area contributed by atoms with Crippen molar-refractivity contribution in [3.05, 3.63) is 29.3 Å². The number of benzene rings is 1. The van der Waals surface area contributed by atoms with Crippen molar-refractivity contribution < 1.29 is 14.2 Å². The van der Waals surface area contributed by atoms with E-state index >= 15 is 0 Å². The van der Waals surface area contributed by atoms with Crippen molar-refractivity contribution in [2.45, 2.75) is 19.9 Å². The van der Waals surface area contributed by atoms with E-state index < -0.39 is 0 Å². The molecule has 0 radical (unpaired) electrons. The molecule has 0 amide bonds. The van der Waals surface area contributed by atoms with Gasteiger partial charge in [-0.15, -0.1) is 0 Å². The van der Waals surface area contributed by atoms with Gasteiger partial charge in [0.25, 0.3) is 0 Å². The lowest BCUT2D eigenvalue weighted by Crippen LogP contribution is -2.19. The van der Waals surface area contributed by atoms with Gasteiger partial charge >= 0.3 is 0 Å². The monoisotopic (exact) mass is 279 g/mol. The molecule has 0 aromatic heterocycles. The van der Waals surface area contributed by atoms with Crippen LogP contribution < -0.4 is 10.1 Å². The fourth-order valence-electron chi connectivity index (χ4n) is 2.31. The minimum atomic E-state index is 0.533. The van der Waals surface area contributed by atoms with E-state index in [1.807, 2.05) is 0 Å². The van der Waals surface area contributed by atoms with Crippen LogP contribution in [-0.2, 0) is 16.0 Å². The molecule has 1 atom stereocenters. The Morgan fingerprint density at radius 3 is 3.05 bits per heavy atom. The highest BCUT2D eigenvalue weighted by molar-refractivity contribution is 5.36. The number of methoxy groups -OCH3 is 1. The quantitative estimate of drug-likeness (QED) is 0.740. The molecular weight excluding hydrogens is 254 g/mol. The fourth-order valence-corrected chi connectivity index (χ4v) is 2.31. The van der Waals surface area contributed by atoms with Crippen LogP contribution in [-0.4, -0.2) is 40.1 Å². The fraction of sp³-hybridized carbons (Fsp3) is 0.625. The molecule has 112 valence electrons. The summed E-state index contributed by atoms with van der Waals surface area (Å²) < 4.78 is 16.4. The van der Waals surface area contributed by atoms with Crippen molar-refractivity contribution in [2.75, 3.05) is 40.1 Å². The average molecular weight is 279 g/mol. The number of hydrogen-bond acceptors (Lipinski definition) is 4. The molecular formula is C16H25NO3. The molecule has 1 fully saturated rings. The molecule has 1 aromatic rings. The van der Waals surface area contributed by atoms with Crippen molar-refractivity contribution in [1.82, 2.24) is 5.32 Å². The summed E-state index contributed by atoms with van der Waals surface area (Å²) >= 11 is 0. The second kappa shape index (κ2) is 8.25. The van der Waals surface area contributed by atoms with Gasteiger partial charge < -0.3 is 19.5 Å². The highest BCUT2D eigenvalue weighted by Crippen LogP contribution is 2.22. The van der Waals surface area contributed by atoms with E-state index in [0.29, 0.717) is 5.92 Å². The van der Waals surface area contributed by atoms with E-state index in [1.54, 1.807) is 7.11 Å². The van der Waals surface area contributed by atoms with Gasteiger partial charge in [0.15, 0.2) is 0 Å². The summed E-state index contributed by atoms with van der Waals surface area (Å²) in [6.07, 6.45) is 1.10. The molecule has 0 bridgehead atoms. The topological polar surface area (TPSA) is 39.7 Å². The SMILES string of the molecule is COCCNCc1cc(C)ccc1OCC1CCOC1. The Hall–Kier alpha value is -1.10. The lowest BCUT2D eigenvalue weighted by atomic mass is 10.1. The van der Waals surface area contributed by atoms with Gasteiger partial charge in [-0.1, -0.05) is 17.7 Å². The molecule has 2 rings (SSSR count). The standard InChI is InChI=1S/C16H25NO3/c1-13-3-4-16(20-12-14-5-7-19-11-14)15(9-13)10-17-6-8-18-2/h3-4,9,14,17H,5-8,10-12H2,1-2H3. The van der Waals surface area contributed by atoms with Crippen LogP contribution in [0.3, 0.4) is 0 Å². The Kier molecular flexibility index (Phi) is 6.30. The molecule has 1 aliphatic rings. The number of rotatable bonds is 8. The molecule has 1 aliphatic heterocycles. The van der Waals surface area contributed by atoms with Gasteiger partial charge in [-0.3, -0.25) is 0 Å². The van der Waals surface area contributed by atoms with Crippen LogP contribution in [0.25, 0.3) is 0 Å². The molecule has 1 unspecified atom stereocenters. The van der Waals surface area contributed by atoms with E-state index in [0.717, 1.165) is 51.7 Å². The molecule has 4 nitrogen and oxygen atoms in total. The van der Waals surface area contributed by atoms with Crippen LogP contribution in [0.4, 0.5) is 0 Å². The molecule has 1 heterocycles. The molecule has 0 spiro atoms. The highest BCUT2D eigenvalue weighted by atomic mass is 16.5. The first kappa shape index (κ1) is 15.3. The van der Waals surface area contributed by atoms with E-state index in [-0.39, 0.29) is 0 Å². The summed E-state index contributed by atoms with van der Waals surface area (Å²) in [6, 6.07) is 6.35. The van der Waals surface area contributed by atoms with Crippen molar-refractivity contribution in [3.8, 4) is 5.75 Å². The van der Waals surface area contributed by atoms with Crippen molar-refractivity contribution in [1.29, 1.82) is 0 Å². The normalized spacial score (nSPS) is 18.4. The van der Waals surface area contributed by atoms with Crippen LogP contribution in [0.15, 0.2) is 18.2 Å². The Morgan fingerprint density at radius 2 is 2.30 bits per heavy atom. The molecule has 20 heavy (non-hydrogen) atoms. The summed E-state index contributed by atoms with van der Waals surface area (Å²) in [5.41, 5.74) is 2.46. The molecule has 1 saturated heterocycles. The maximum Gasteiger partial charge on any atom is 0.123 e. The minimum absolute atomic E-state index is 0.533. The van der Waals surface area contributed by atoms with E-state index in [2.05, 4.69) is 30.4 Å². The average Bonchev–Trinajstić information content (AvgIpc) is 2.96. The van der Waals surface area contributed by atoms with Crippen LogP contribution in [0.5, 0.6) is 5.75 Å². The Balaban J connectivity index is 1.88. The lowest BCUT2D eigenvalue weighted by Gasteiger charge is -2.15. The van der Waals surface area contributed by atoms with Crippen molar-refractivity contribution >= 4 is 0 Å². The zero-order valence-electron chi connectivity index (χ0n) is 12.5. The van der Waals surface area contributed by atoms with Gasteiger partial charge in [-0.05, 0) is 19.4 Å². The predicted octanol–water partition coefficient (Wildman–Crippen LogP) is 2.15. The predicted molar refractivity (Wildman–Crippen MR) is 79.2 cm³/mol. The maximum atomic E-state index is 5.98. The number of aryl methyl sites for hydroxylation is 1. The van der Waals surface area contributed by atoms with E-state index in [9.17, 15) is 0 Å². The largest absolute Gasteiger partial charge is 0.493 e. The van der Waals surface area contributed by atoms with Gasteiger partial charge in [0.2, 0.25) is 0 Å². The number of ether oxygens (including phenoxy) is 3. The maximum absolute atomic E-state index is 5.98. The third-order valence-electron chi connectivity index (χ3n) is 3.51. The first-order valence-corrected chi connectivity index (χ1v) is 7.29. The third kappa shape index (κ3) is 4.78. The van der Waals surface area contributed by atoms with Gasteiger partial charge in [-0.2, -0.15) is 0 Å². The van der Waals surface area contributed by atoms with Crippen molar-refractivity contribution in [3.63, 3.8) is 0 Å². The summed E-state index contributed by atoms with van der Waals surface area (Å²) in [4.78, 5) is 0. The number of nitrogens with one attached hydrogen (secondary N) is 1. The van der Waals surface area contributed by atoms with Crippen LogP contribution in [0.1, 0.15) is 17.5 Å². The Morgan fingerprint density at radius 1 is 1.40 bits per heavy atom. The number of hydrogen-bond donors (Lipinski definition) is 1. The van der Waals surface area contributed by atoms with Crippen molar-refractivity contribution in [2.24, 2.45) is 5.92 Å². The molecule has 0 aliphatic carbocycles. The first-order chi connectivity index (χ1) is 9.79. The zero-order chi connectivity index (χ0) is 14.2. The zero-order valence-corrected chi connectivity index (χ0v) is 12.5. The lowest BCUT2D eigenvalue weighted by molar-refractivity contribution is 0.166. The molecule has 0 saturated carbocycles. The minimum Gasteiger partial charge on any atom is -0.493 e. The smallest absolute Gasteiger partial charge is 0.123 e. The molecule has 1 aromatic carbocycles. The highest BCUT2D eigenvalue weighted by Gasteiger charge is 2.16. The first-order valence-electron chi connectivity index (χ1n) is 7.29. The second-order valence-electron chi connectivity index (χ2n) is 5.32. The summed E-state index contributed by atoms with van der Waals surface area (Å²) in [5.74, 6) is 1.51. The van der Waals surface area contributed by atoms with Gasteiger partial charge in [0.1, 0.15) is 5.75 Å². The molecule has 4 heteroatoms. The van der Waals surface area contributed by atoms with Gasteiger partial charge in [-0.25, -0.2) is 0 Å². The van der Waals surface area contributed by atoms with Gasteiger partial charge in [0, 0.05) is 38.3 Å². The second-order valence-corrected chi connectivity index (χ2v) is 5.32. The van der Waals surface area contributed by atoms with Crippen LogP contribution in [0, 0.1) is 12.8 Å². The van der Waals surface area contributed by atoms with Crippen LogP contribution in [0.2, 0.25) is 0 Å². The van der Waals surface area contributed by atoms with Gasteiger partial charge in [0.05, 0.1) is 19.8 Å². The summed E-state index contributed by atoms with van der Waals surface area (Å²) in [7, 11) is 1.71. The Labute approximate surface area is 121 Å². The Bertz CT molecular complexity index is 403. The van der Waals surface area contributed by atoms with E-state index in [4.69, 9.17) is 14.2 Å².